The zero-order valence-corrected chi connectivity index (χ0v) is 13.3. The van der Waals surface area contributed by atoms with Gasteiger partial charge < -0.3 is 4.74 Å². The van der Waals surface area contributed by atoms with Gasteiger partial charge in [-0.05, 0) is 29.7 Å². The Balaban J connectivity index is 2.73. The Hall–Kier alpha value is -0.550. The molecular weight excluding hydrogens is 316 g/mol. The summed E-state index contributed by atoms with van der Waals surface area (Å²) >= 11 is 3.42. The molecule has 0 aromatic heterocycles. The van der Waals surface area contributed by atoms with Crippen molar-refractivity contribution >= 4 is 25.8 Å². The van der Waals surface area contributed by atoms with Crippen LogP contribution in [0, 0.1) is 0 Å². The Morgan fingerprint density at radius 1 is 1.33 bits per heavy atom. The third kappa shape index (κ3) is 4.61. The van der Waals surface area contributed by atoms with Crippen molar-refractivity contribution in [3.63, 3.8) is 0 Å². The molecule has 0 saturated heterocycles. The molecular formula is C13H19BrO3S. The van der Waals surface area contributed by atoms with Crippen molar-refractivity contribution in [3.05, 3.63) is 28.2 Å². The third-order valence-corrected chi connectivity index (χ3v) is 4.85. The highest BCUT2D eigenvalue weighted by Crippen LogP contribution is 2.29. The number of rotatable bonds is 6. The maximum absolute atomic E-state index is 11.4. The quantitative estimate of drug-likeness (QED) is 0.800. The van der Waals surface area contributed by atoms with Gasteiger partial charge in [0.15, 0.2) is 9.84 Å². The molecule has 0 atom stereocenters. The van der Waals surface area contributed by atoms with Crippen molar-refractivity contribution in [1.82, 2.24) is 0 Å². The Morgan fingerprint density at radius 3 is 2.56 bits per heavy atom. The van der Waals surface area contributed by atoms with E-state index in [1.165, 1.54) is 0 Å². The van der Waals surface area contributed by atoms with Crippen molar-refractivity contribution in [2.75, 3.05) is 18.1 Å². The van der Waals surface area contributed by atoms with Gasteiger partial charge in [-0.3, -0.25) is 0 Å². The van der Waals surface area contributed by atoms with Crippen LogP contribution in [0.15, 0.2) is 22.7 Å². The number of sulfone groups is 1. The summed E-state index contributed by atoms with van der Waals surface area (Å²) < 4.78 is 29.3. The van der Waals surface area contributed by atoms with Gasteiger partial charge in [0.05, 0.1) is 5.75 Å². The minimum Gasteiger partial charge on any atom is -0.492 e. The van der Waals surface area contributed by atoms with Gasteiger partial charge in [-0.2, -0.15) is 0 Å². The third-order valence-electron chi connectivity index (χ3n) is 2.69. The van der Waals surface area contributed by atoms with Crippen LogP contribution in [0.2, 0.25) is 0 Å². The summed E-state index contributed by atoms with van der Waals surface area (Å²) in [5, 5.41) is 0. The molecule has 102 valence electrons. The first-order valence-corrected chi connectivity index (χ1v) is 8.60. The number of ether oxygens (including phenoxy) is 1. The standard InChI is InChI=1S/C13H19BrO3S/c1-4-18(15,16)8-7-17-13-6-5-11(14)9-12(13)10(2)3/h5-6,9-10H,4,7-8H2,1-3H3. The van der Waals surface area contributed by atoms with E-state index >= 15 is 0 Å². The van der Waals surface area contributed by atoms with Crippen molar-refractivity contribution < 1.29 is 13.2 Å². The molecule has 3 nitrogen and oxygen atoms in total. The highest BCUT2D eigenvalue weighted by molar-refractivity contribution is 9.10. The average Bonchev–Trinajstić information content (AvgIpc) is 2.30. The molecule has 1 rings (SSSR count). The summed E-state index contributed by atoms with van der Waals surface area (Å²) in [6.45, 7) is 6.01. The predicted octanol–water partition coefficient (Wildman–Crippen LogP) is 3.39. The van der Waals surface area contributed by atoms with E-state index in [1.807, 2.05) is 18.2 Å². The first kappa shape index (κ1) is 15.5. The second-order valence-corrected chi connectivity index (χ2v) is 7.81. The van der Waals surface area contributed by atoms with Gasteiger partial charge in [0.1, 0.15) is 12.4 Å². The lowest BCUT2D eigenvalue weighted by molar-refractivity contribution is 0.336. The molecule has 0 fully saturated rings. The molecule has 0 amide bonds. The number of hydrogen-bond acceptors (Lipinski definition) is 3. The second kappa shape index (κ2) is 6.57. The largest absolute Gasteiger partial charge is 0.492 e. The summed E-state index contributed by atoms with van der Waals surface area (Å²) in [4.78, 5) is 0. The molecule has 0 saturated carbocycles. The van der Waals surface area contributed by atoms with Gasteiger partial charge in [-0.15, -0.1) is 0 Å². The van der Waals surface area contributed by atoms with Crippen LogP contribution in [0.25, 0.3) is 0 Å². The summed E-state index contributed by atoms with van der Waals surface area (Å²) in [7, 11) is -2.97. The molecule has 0 heterocycles. The Kier molecular flexibility index (Phi) is 5.66. The van der Waals surface area contributed by atoms with Gasteiger partial charge in [-0.25, -0.2) is 8.42 Å². The summed E-state index contributed by atoms with van der Waals surface area (Å²) in [6, 6.07) is 5.78. The van der Waals surface area contributed by atoms with Crippen LogP contribution in [0.1, 0.15) is 32.3 Å². The second-order valence-electron chi connectivity index (χ2n) is 4.42. The lowest BCUT2D eigenvalue weighted by Gasteiger charge is -2.14. The van der Waals surface area contributed by atoms with E-state index in [0.717, 1.165) is 15.8 Å². The van der Waals surface area contributed by atoms with Crippen molar-refractivity contribution in [3.8, 4) is 5.75 Å². The minimum absolute atomic E-state index is 0.0666. The molecule has 0 spiro atoms. The van der Waals surface area contributed by atoms with Crippen LogP contribution >= 0.6 is 15.9 Å². The highest BCUT2D eigenvalue weighted by Gasteiger charge is 2.11. The van der Waals surface area contributed by atoms with Gasteiger partial charge in [0.25, 0.3) is 0 Å². The molecule has 0 unspecified atom stereocenters. The van der Waals surface area contributed by atoms with Crippen LogP contribution in [-0.2, 0) is 9.84 Å². The summed E-state index contributed by atoms with van der Waals surface area (Å²) in [5.74, 6) is 1.32. The van der Waals surface area contributed by atoms with Gasteiger partial charge >= 0.3 is 0 Å². The predicted molar refractivity (Wildman–Crippen MR) is 78.1 cm³/mol. The van der Waals surface area contributed by atoms with E-state index in [1.54, 1.807) is 6.92 Å². The van der Waals surface area contributed by atoms with E-state index in [0.29, 0.717) is 5.92 Å². The number of hydrogen-bond donors (Lipinski definition) is 0. The van der Waals surface area contributed by atoms with E-state index in [2.05, 4.69) is 29.8 Å². The number of halogens is 1. The Morgan fingerprint density at radius 2 is 2.00 bits per heavy atom. The van der Waals surface area contributed by atoms with Crippen molar-refractivity contribution in [2.45, 2.75) is 26.7 Å². The molecule has 0 N–H and O–H groups in total. The van der Waals surface area contributed by atoms with Crippen molar-refractivity contribution in [1.29, 1.82) is 0 Å². The Labute approximate surface area is 118 Å². The molecule has 5 heteroatoms. The maximum atomic E-state index is 11.4. The first-order valence-electron chi connectivity index (χ1n) is 5.98. The average molecular weight is 335 g/mol. The van der Waals surface area contributed by atoms with Gasteiger partial charge in [0, 0.05) is 10.2 Å². The molecule has 0 aliphatic heterocycles. The number of benzene rings is 1. The molecule has 0 aliphatic carbocycles. The Bertz CT molecular complexity index is 495. The minimum atomic E-state index is -2.97. The van der Waals surface area contributed by atoms with Crippen LogP contribution in [-0.4, -0.2) is 26.5 Å². The summed E-state index contributed by atoms with van der Waals surface area (Å²) in [5.41, 5.74) is 1.08. The normalized spacial score (nSPS) is 11.8. The van der Waals surface area contributed by atoms with Crippen LogP contribution in [0.4, 0.5) is 0 Å². The highest BCUT2D eigenvalue weighted by atomic mass is 79.9. The lowest BCUT2D eigenvalue weighted by atomic mass is 10.0. The lowest BCUT2D eigenvalue weighted by Crippen LogP contribution is -2.16. The molecule has 18 heavy (non-hydrogen) atoms. The van der Waals surface area contributed by atoms with Crippen molar-refractivity contribution in [2.24, 2.45) is 0 Å². The zero-order valence-electron chi connectivity index (χ0n) is 10.9. The first-order chi connectivity index (χ1) is 8.35. The van der Waals surface area contributed by atoms with E-state index in [9.17, 15) is 8.42 Å². The summed E-state index contributed by atoms with van der Waals surface area (Å²) in [6.07, 6.45) is 0. The molecule has 1 aromatic rings. The van der Waals surface area contributed by atoms with E-state index < -0.39 is 9.84 Å². The molecule has 0 radical (unpaired) electrons. The fourth-order valence-electron chi connectivity index (χ4n) is 1.52. The van der Waals surface area contributed by atoms with Gasteiger partial charge in [0.2, 0.25) is 0 Å². The fraction of sp³-hybridized carbons (Fsp3) is 0.538. The van der Waals surface area contributed by atoms with E-state index in [-0.39, 0.29) is 18.1 Å². The molecule has 0 bridgehead atoms. The SMILES string of the molecule is CCS(=O)(=O)CCOc1ccc(Br)cc1C(C)C. The fourth-order valence-corrected chi connectivity index (χ4v) is 2.53. The van der Waals surface area contributed by atoms with E-state index in [4.69, 9.17) is 4.74 Å². The zero-order chi connectivity index (χ0) is 13.8. The monoisotopic (exact) mass is 334 g/mol. The molecule has 0 aliphatic rings. The topological polar surface area (TPSA) is 43.4 Å². The maximum Gasteiger partial charge on any atom is 0.153 e. The smallest absolute Gasteiger partial charge is 0.153 e. The van der Waals surface area contributed by atoms with Crippen LogP contribution in [0.3, 0.4) is 0 Å². The van der Waals surface area contributed by atoms with Gasteiger partial charge in [-0.1, -0.05) is 36.7 Å². The van der Waals surface area contributed by atoms with Crippen LogP contribution < -0.4 is 4.74 Å². The van der Waals surface area contributed by atoms with Crippen LogP contribution in [0.5, 0.6) is 5.75 Å². The molecule has 1 aromatic carbocycles.